The fraction of sp³-hybridized carbons (Fsp3) is 0.143. The van der Waals surface area contributed by atoms with E-state index in [1.54, 1.807) is 36.5 Å². The number of anilines is 1. The van der Waals surface area contributed by atoms with Gasteiger partial charge in [-0.25, -0.2) is 4.98 Å². The normalized spacial score (nSPS) is 10.8. The first kappa shape index (κ1) is 17.9. The Balaban J connectivity index is 1.72. The average Bonchev–Trinajstić information content (AvgIpc) is 3.29. The number of rotatable bonds is 4. The van der Waals surface area contributed by atoms with Gasteiger partial charge in [-0.05, 0) is 49.7 Å². The second kappa shape index (κ2) is 7.25. The van der Waals surface area contributed by atoms with Crippen molar-refractivity contribution < 1.29 is 9.32 Å². The summed E-state index contributed by atoms with van der Waals surface area (Å²) in [6, 6.07) is 15.1. The number of aromatic nitrogens is 2. The minimum Gasteiger partial charge on any atom is -0.335 e. The fourth-order valence-electron chi connectivity index (χ4n) is 2.97. The Labute approximate surface area is 165 Å². The number of nitriles is 1. The highest BCUT2D eigenvalue weighted by molar-refractivity contribution is 7.15. The number of fused-ring (bicyclic) bond motifs is 1. The molecule has 1 N–H and O–H groups in total. The van der Waals surface area contributed by atoms with Crippen LogP contribution in [0.2, 0.25) is 0 Å². The van der Waals surface area contributed by atoms with Crippen molar-refractivity contribution in [2.45, 2.75) is 20.3 Å². The van der Waals surface area contributed by atoms with Gasteiger partial charge in [-0.15, -0.1) is 11.3 Å². The minimum atomic E-state index is -0.263. The van der Waals surface area contributed by atoms with Crippen molar-refractivity contribution in [3.05, 3.63) is 64.2 Å². The average molecular weight is 388 g/mol. The topological polar surface area (TPSA) is 91.8 Å². The maximum absolute atomic E-state index is 13.0. The predicted molar refractivity (Wildman–Crippen MR) is 108 cm³/mol. The van der Waals surface area contributed by atoms with Crippen LogP contribution in [-0.2, 0) is 6.42 Å². The fourth-order valence-corrected chi connectivity index (χ4v) is 3.80. The molecular formula is C21H16N4O2S. The molecule has 0 aliphatic carbocycles. The van der Waals surface area contributed by atoms with Gasteiger partial charge in [-0.3, -0.25) is 4.79 Å². The maximum Gasteiger partial charge on any atom is 0.259 e. The lowest BCUT2D eigenvalue weighted by Crippen LogP contribution is -2.13. The van der Waals surface area contributed by atoms with Crippen LogP contribution in [0.1, 0.15) is 26.5 Å². The summed E-state index contributed by atoms with van der Waals surface area (Å²) in [5.41, 5.74) is 3.65. The number of hydrogen-bond donors (Lipinski definition) is 1. The second-order valence-corrected chi connectivity index (χ2v) is 7.69. The highest BCUT2D eigenvalue weighted by Crippen LogP contribution is 2.31. The first-order valence-corrected chi connectivity index (χ1v) is 9.48. The van der Waals surface area contributed by atoms with Crippen molar-refractivity contribution in [2.24, 2.45) is 0 Å². The molecule has 0 saturated heterocycles. The monoisotopic (exact) mass is 388 g/mol. The molecule has 0 unspecified atom stereocenters. The van der Waals surface area contributed by atoms with Gasteiger partial charge in [0.2, 0.25) is 0 Å². The van der Waals surface area contributed by atoms with E-state index in [9.17, 15) is 4.79 Å². The smallest absolute Gasteiger partial charge is 0.259 e. The summed E-state index contributed by atoms with van der Waals surface area (Å²) in [6.07, 6.45) is 0.336. The van der Waals surface area contributed by atoms with E-state index in [1.807, 2.05) is 31.2 Å². The Hall–Kier alpha value is -3.50. The number of thiophene rings is 1. The molecule has 0 aliphatic heterocycles. The van der Waals surface area contributed by atoms with Crippen LogP contribution in [0.15, 0.2) is 47.0 Å². The number of aryl methyl sites for hydroxylation is 2. The predicted octanol–water partition coefficient (Wildman–Crippen LogP) is 4.89. The molecule has 4 rings (SSSR count). The largest absolute Gasteiger partial charge is 0.335 e. The standard InChI is InChI=1S/C21H16N4O2S/c1-12-3-8-18(28-12)17-11-16(19-13(2)25-27-21(19)24-17)20(26)23-15-6-4-14(5-7-15)9-10-22/h3-8,11H,9H2,1-2H3,(H,23,26). The molecule has 0 radical (unpaired) electrons. The second-order valence-electron chi connectivity index (χ2n) is 6.40. The van der Waals surface area contributed by atoms with Gasteiger partial charge < -0.3 is 9.84 Å². The summed E-state index contributed by atoms with van der Waals surface area (Å²) in [7, 11) is 0. The number of nitrogens with one attached hydrogen (secondary N) is 1. The molecule has 7 heteroatoms. The highest BCUT2D eigenvalue weighted by atomic mass is 32.1. The van der Waals surface area contributed by atoms with E-state index in [-0.39, 0.29) is 5.91 Å². The first-order chi connectivity index (χ1) is 13.5. The van der Waals surface area contributed by atoms with Crippen molar-refractivity contribution in [3.8, 4) is 16.6 Å². The first-order valence-electron chi connectivity index (χ1n) is 8.66. The molecule has 0 fully saturated rings. The summed E-state index contributed by atoms with van der Waals surface area (Å²) in [5.74, 6) is -0.263. The molecule has 0 spiro atoms. The Morgan fingerprint density at radius 1 is 1.21 bits per heavy atom. The Morgan fingerprint density at radius 3 is 2.68 bits per heavy atom. The van der Waals surface area contributed by atoms with E-state index >= 15 is 0 Å². The molecule has 4 aromatic rings. The van der Waals surface area contributed by atoms with E-state index in [1.165, 1.54) is 0 Å². The van der Waals surface area contributed by atoms with E-state index in [2.05, 4.69) is 21.5 Å². The van der Waals surface area contributed by atoms with Gasteiger partial charge in [0.15, 0.2) is 0 Å². The summed E-state index contributed by atoms with van der Waals surface area (Å²) in [6.45, 7) is 3.81. The molecule has 0 aliphatic rings. The van der Waals surface area contributed by atoms with Gasteiger partial charge in [-0.2, -0.15) is 5.26 Å². The van der Waals surface area contributed by atoms with Gasteiger partial charge in [0.05, 0.1) is 39.7 Å². The third kappa shape index (κ3) is 3.38. The number of nitrogens with zero attached hydrogens (tertiary/aromatic N) is 3. The van der Waals surface area contributed by atoms with E-state index in [0.717, 1.165) is 15.3 Å². The van der Waals surface area contributed by atoms with Gasteiger partial charge in [0.1, 0.15) is 0 Å². The SMILES string of the molecule is Cc1ccc(-c2cc(C(=O)Nc3ccc(CC#N)cc3)c3c(C)noc3n2)s1. The zero-order valence-corrected chi connectivity index (χ0v) is 16.1. The van der Waals surface area contributed by atoms with Crippen LogP contribution in [0.5, 0.6) is 0 Å². The van der Waals surface area contributed by atoms with Crippen molar-refractivity contribution >= 4 is 34.0 Å². The number of amides is 1. The number of carbonyl (C=O) groups is 1. The van der Waals surface area contributed by atoms with Gasteiger partial charge in [0.25, 0.3) is 11.6 Å². The molecule has 6 nitrogen and oxygen atoms in total. The molecule has 0 bridgehead atoms. The third-order valence-corrected chi connectivity index (χ3v) is 5.37. The van der Waals surface area contributed by atoms with Crippen molar-refractivity contribution in [2.75, 3.05) is 5.32 Å². The molecule has 1 aromatic carbocycles. The minimum absolute atomic E-state index is 0.263. The molecule has 3 aromatic heterocycles. The van der Waals surface area contributed by atoms with Gasteiger partial charge in [0, 0.05) is 10.6 Å². The maximum atomic E-state index is 13.0. The molecule has 138 valence electrons. The zero-order valence-electron chi connectivity index (χ0n) is 15.3. The highest BCUT2D eigenvalue weighted by Gasteiger charge is 2.20. The van der Waals surface area contributed by atoms with Crippen LogP contribution in [0.3, 0.4) is 0 Å². The molecular weight excluding hydrogens is 372 g/mol. The molecule has 3 heterocycles. The molecule has 0 atom stereocenters. The van der Waals surface area contributed by atoms with Crippen LogP contribution in [0.4, 0.5) is 5.69 Å². The number of pyridine rings is 1. The summed E-state index contributed by atoms with van der Waals surface area (Å²) >= 11 is 1.60. The van der Waals surface area contributed by atoms with Crippen LogP contribution in [-0.4, -0.2) is 16.0 Å². The van der Waals surface area contributed by atoms with Crippen LogP contribution >= 0.6 is 11.3 Å². The lowest BCUT2D eigenvalue weighted by atomic mass is 10.1. The molecule has 0 saturated carbocycles. The van der Waals surface area contributed by atoms with Crippen LogP contribution in [0, 0.1) is 25.2 Å². The number of carbonyl (C=O) groups excluding carboxylic acids is 1. The Morgan fingerprint density at radius 2 is 2.00 bits per heavy atom. The lowest BCUT2D eigenvalue weighted by molar-refractivity contribution is 0.102. The Bertz CT molecular complexity index is 1220. The molecule has 1 amide bonds. The van der Waals surface area contributed by atoms with E-state index in [0.29, 0.717) is 40.2 Å². The van der Waals surface area contributed by atoms with Crippen molar-refractivity contribution in [1.29, 1.82) is 5.26 Å². The third-order valence-electron chi connectivity index (χ3n) is 4.35. The van der Waals surface area contributed by atoms with Crippen molar-refractivity contribution in [3.63, 3.8) is 0 Å². The zero-order chi connectivity index (χ0) is 19.7. The van der Waals surface area contributed by atoms with Crippen LogP contribution in [0.25, 0.3) is 21.7 Å². The lowest BCUT2D eigenvalue weighted by Gasteiger charge is -2.08. The number of hydrogen-bond acceptors (Lipinski definition) is 6. The van der Waals surface area contributed by atoms with Crippen molar-refractivity contribution in [1.82, 2.24) is 10.1 Å². The van der Waals surface area contributed by atoms with E-state index < -0.39 is 0 Å². The summed E-state index contributed by atoms with van der Waals surface area (Å²) in [4.78, 5) is 19.7. The van der Waals surface area contributed by atoms with Crippen LogP contribution < -0.4 is 5.32 Å². The number of benzene rings is 1. The summed E-state index contributed by atoms with van der Waals surface area (Å²) in [5, 5.41) is 16.3. The van der Waals surface area contributed by atoms with E-state index in [4.69, 9.17) is 9.78 Å². The van der Waals surface area contributed by atoms with Gasteiger partial charge in [-0.1, -0.05) is 17.3 Å². The Kier molecular flexibility index (Phi) is 4.63. The quantitative estimate of drug-likeness (QED) is 0.537. The molecule has 28 heavy (non-hydrogen) atoms. The van der Waals surface area contributed by atoms with Gasteiger partial charge >= 0.3 is 0 Å². The summed E-state index contributed by atoms with van der Waals surface area (Å²) < 4.78 is 5.33.